The van der Waals surface area contributed by atoms with Crippen molar-refractivity contribution in [1.29, 1.82) is 0 Å². The fraction of sp³-hybridized carbons (Fsp3) is 0.143. The molecule has 2 heterocycles. The van der Waals surface area contributed by atoms with Crippen LogP contribution < -0.4 is 10.1 Å². The van der Waals surface area contributed by atoms with Crippen LogP contribution in [0.2, 0.25) is 0 Å². The van der Waals surface area contributed by atoms with Crippen LogP contribution in [0.15, 0.2) is 65.1 Å². The van der Waals surface area contributed by atoms with Crippen LogP contribution in [-0.4, -0.2) is 31.4 Å². The van der Waals surface area contributed by atoms with E-state index in [4.69, 9.17) is 4.74 Å². The third-order valence-electron chi connectivity index (χ3n) is 4.26. The first-order valence-electron chi connectivity index (χ1n) is 9.29. The van der Waals surface area contributed by atoms with E-state index in [1.165, 1.54) is 35.2 Å². The van der Waals surface area contributed by atoms with Crippen LogP contribution in [0.25, 0.3) is 11.3 Å². The highest BCUT2D eigenvalue weighted by Gasteiger charge is 2.13. The third-order valence-corrected chi connectivity index (χ3v) is 6.04. The number of nitrogens with one attached hydrogen (secondary N) is 1. The molecular formula is C21H18FN5O2S2. The lowest BCUT2D eigenvalue weighted by Gasteiger charge is -2.06. The number of halogens is 1. The number of thioether (sulfide) groups is 1. The number of aromatic nitrogens is 4. The van der Waals surface area contributed by atoms with Crippen LogP contribution >= 0.6 is 23.1 Å². The molecule has 1 amide bonds. The summed E-state index contributed by atoms with van der Waals surface area (Å²) in [6.07, 6.45) is 0. The van der Waals surface area contributed by atoms with Gasteiger partial charge in [-0.2, -0.15) is 0 Å². The molecule has 0 spiro atoms. The summed E-state index contributed by atoms with van der Waals surface area (Å²) in [5.74, 6) is 0.810. The molecule has 0 saturated heterocycles. The molecule has 2 aromatic carbocycles. The van der Waals surface area contributed by atoms with Crippen molar-refractivity contribution in [2.24, 2.45) is 7.05 Å². The predicted molar refractivity (Wildman–Crippen MR) is 119 cm³/mol. The predicted octanol–water partition coefficient (Wildman–Crippen LogP) is 4.39. The van der Waals surface area contributed by atoms with Gasteiger partial charge >= 0.3 is 0 Å². The molecule has 0 saturated carbocycles. The minimum Gasteiger partial charge on any atom is -0.486 e. The molecule has 0 aliphatic carbocycles. The Morgan fingerprint density at radius 3 is 2.71 bits per heavy atom. The van der Waals surface area contributed by atoms with Crippen LogP contribution in [0.5, 0.6) is 5.75 Å². The van der Waals surface area contributed by atoms with Gasteiger partial charge in [-0.3, -0.25) is 4.79 Å². The van der Waals surface area contributed by atoms with Gasteiger partial charge in [-0.1, -0.05) is 42.1 Å². The molecule has 31 heavy (non-hydrogen) atoms. The van der Waals surface area contributed by atoms with Gasteiger partial charge in [0.1, 0.15) is 18.2 Å². The molecule has 0 aliphatic heterocycles. The molecule has 0 bridgehead atoms. The number of hydrogen-bond acceptors (Lipinski definition) is 7. The third kappa shape index (κ3) is 5.47. The molecule has 0 unspecified atom stereocenters. The van der Waals surface area contributed by atoms with Crippen molar-refractivity contribution >= 4 is 34.1 Å². The topological polar surface area (TPSA) is 81.9 Å². The maximum absolute atomic E-state index is 13.0. The highest BCUT2D eigenvalue weighted by molar-refractivity contribution is 7.99. The number of benzene rings is 2. The van der Waals surface area contributed by atoms with Gasteiger partial charge in [0.25, 0.3) is 0 Å². The highest BCUT2D eigenvalue weighted by Crippen LogP contribution is 2.25. The fourth-order valence-corrected chi connectivity index (χ4v) is 4.10. The van der Waals surface area contributed by atoms with Crippen molar-refractivity contribution in [2.75, 3.05) is 11.1 Å². The Morgan fingerprint density at radius 1 is 1.16 bits per heavy atom. The molecular weight excluding hydrogens is 437 g/mol. The summed E-state index contributed by atoms with van der Waals surface area (Å²) in [6.45, 7) is 0.184. The van der Waals surface area contributed by atoms with Gasteiger partial charge in [0.2, 0.25) is 5.91 Å². The van der Waals surface area contributed by atoms with Gasteiger partial charge in [0.05, 0.1) is 11.4 Å². The maximum Gasteiger partial charge on any atom is 0.236 e. The number of nitrogens with zero attached hydrogens (tertiary/aromatic N) is 4. The smallest absolute Gasteiger partial charge is 0.236 e. The summed E-state index contributed by atoms with van der Waals surface area (Å²) in [6, 6.07) is 15.6. The van der Waals surface area contributed by atoms with Gasteiger partial charge in [-0.05, 0) is 24.3 Å². The second kappa shape index (κ2) is 9.71. The average Bonchev–Trinajstić information content (AvgIpc) is 3.39. The largest absolute Gasteiger partial charge is 0.486 e. The molecule has 4 rings (SSSR count). The number of amides is 1. The molecule has 0 atom stereocenters. The van der Waals surface area contributed by atoms with Gasteiger partial charge in [0, 0.05) is 18.0 Å². The standard InChI is InChI=1S/C21H18FN5O2S2/c1-27-18(11-29-16-9-7-15(22)8-10-16)25-26-21(27)31-13-19(28)24-20-23-17(12-30-20)14-5-3-2-4-6-14/h2-10,12H,11,13H2,1H3,(H,23,24,28). The zero-order valence-electron chi connectivity index (χ0n) is 16.5. The number of carbonyl (C=O) groups is 1. The summed E-state index contributed by atoms with van der Waals surface area (Å²) < 4.78 is 20.3. The molecule has 4 aromatic rings. The fourth-order valence-electron chi connectivity index (χ4n) is 2.63. The van der Waals surface area contributed by atoms with Crippen LogP contribution in [0.1, 0.15) is 5.82 Å². The van der Waals surface area contributed by atoms with E-state index in [0.717, 1.165) is 11.3 Å². The van der Waals surface area contributed by atoms with Crippen molar-refractivity contribution in [1.82, 2.24) is 19.7 Å². The summed E-state index contributed by atoms with van der Waals surface area (Å²) in [7, 11) is 1.80. The summed E-state index contributed by atoms with van der Waals surface area (Å²) in [4.78, 5) is 16.8. The first-order valence-corrected chi connectivity index (χ1v) is 11.2. The van der Waals surface area contributed by atoms with E-state index in [0.29, 0.717) is 21.9 Å². The zero-order valence-corrected chi connectivity index (χ0v) is 18.1. The zero-order chi connectivity index (χ0) is 21.6. The Morgan fingerprint density at radius 2 is 1.94 bits per heavy atom. The van der Waals surface area contributed by atoms with Crippen molar-refractivity contribution < 1.29 is 13.9 Å². The Labute approximate surface area is 186 Å². The maximum atomic E-state index is 13.0. The first-order chi connectivity index (χ1) is 15.1. The highest BCUT2D eigenvalue weighted by atomic mass is 32.2. The van der Waals surface area contributed by atoms with Gasteiger partial charge in [-0.15, -0.1) is 21.5 Å². The molecule has 0 fully saturated rings. The lowest BCUT2D eigenvalue weighted by molar-refractivity contribution is -0.113. The lowest BCUT2D eigenvalue weighted by atomic mass is 10.2. The minimum absolute atomic E-state index is 0.172. The van der Waals surface area contributed by atoms with E-state index in [1.807, 2.05) is 35.7 Å². The van der Waals surface area contributed by atoms with Crippen molar-refractivity contribution in [3.63, 3.8) is 0 Å². The number of anilines is 1. The Hall–Kier alpha value is -3.24. The van der Waals surface area contributed by atoms with Gasteiger partial charge in [-0.25, -0.2) is 9.37 Å². The van der Waals surface area contributed by atoms with Crippen molar-refractivity contribution in [2.45, 2.75) is 11.8 Å². The Balaban J connectivity index is 1.29. The normalized spacial score (nSPS) is 10.8. The van der Waals surface area contributed by atoms with Crippen LogP contribution in [-0.2, 0) is 18.4 Å². The molecule has 0 aliphatic rings. The molecule has 0 radical (unpaired) electrons. The summed E-state index contributed by atoms with van der Waals surface area (Å²) >= 11 is 2.65. The van der Waals surface area contributed by atoms with E-state index in [-0.39, 0.29) is 24.1 Å². The monoisotopic (exact) mass is 455 g/mol. The first kappa shape index (κ1) is 21.0. The molecule has 1 N–H and O–H groups in total. The minimum atomic E-state index is -0.322. The van der Waals surface area contributed by atoms with E-state index in [1.54, 1.807) is 23.7 Å². The quantitative estimate of drug-likeness (QED) is 0.397. The van der Waals surface area contributed by atoms with Gasteiger partial charge in [0.15, 0.2) is 16.1 Å². The number of carbonyl (C=O) groups excluding carboxylic acids is 1. The number of hydrogen-bond donors (Lipinski definition) is 1. The summed E-state index contributed by atoms with van der Waals surface area (Å²) in [5, 5.41) is 14.1. The van der Waals surface area contributed by atoms with Crippen LogP contribution in [0.4, 0.5) is 9.52 Å². The molecule has 2 aromatic heterocycles. The second-order valence-corrected chi connectivity index (χ2v) is 8.24. The van der Waals surface area contributed by atoms with Crippen LogP contribution in [0.3, 0.4) is 0 Å². The SMILES string of the molecule is Cn1c(COc2ccc(F)cc2)nnc1SCC(=O)Nc1nc(-c2ccccc2)cs1. The molecule has 158 valence electrons. The van der Waals surface area contributed by atoms with E-state index >= 15 is 0 Å². The molecule has 7 nitrogen and oxygen atoms in total. The molecule has 10 heteroatoms. The second-order valence-electron chi connectivity index (χ2n) is 6.44. The van der Waals surface area contributed by atoms with E-state index in [9.17, 15) is 9.18 Å². The van der Waals surface area contributed by atoms with E-state index in [2.05, 4.69) is 20.5 Å². The Bertz CT molecular complexity index is 1160. The summed E-state index contributed by atoms with van der Waals surface area (Å²) in [5.41, 5.74) is 1.83. The lowest BCUT2D eigenvalue weighted by Crippen LogP contribution is -2.14. The average molecular weight is 456 g/mol. The number of rotatable bonds is 8. The number of thiazole rings is 1. The van der Waals surface area contributed by atoms with Crippen molar-refractivity contribution in [3.8, 4) is 17.0 Å². The van der Waals surface area contributed by atoms with Crippen molar-refractivity contribution in [3.05, 3.63) is 71.6 Å². The van der Waals surface area contributed by atoms with E-state index < -0.39 is 0 Å². The Kier molecular flexibility index (Phi) is 6.58. The van der Waals surface area contributed by atoms with Gasteiger partial charge < -0.3 is 14.6 Å². The van der Waals surface area contributed by atoms with Crippen LogP contribution in [0, 0.1) is 5.82 Å². The number of ether oxygens (including phenoxy) is 1.